The van der Waals surface area contributed by atoms with Gasteiger partial charge in [-0.25, -0.2) is 4.98 Å². The molecular weight excluding hydrogens is 438 g/mol. The molecule has 1 heterocycles. The monoisotopic (exact) mass is 467 g/mol. The second-order valence-corrected chi connectivity index (χ2v) is 9.04. The molecule has 0 spiro atoms. The predicted molar refractivity (Wildman–Crippen MR) is 136 cm³/mol. The van der Waals surface area contributed by atoms with Crippen molar-refractivity contribution in [3.8, 4) is 11.5 Å². The molecule has 6 heteroatoms. The van der Waals surface area contributed by atoms with E-state index in [0.717, 1.165) is 35.1 Å². The number of rotatable bonds is 7. The van der Waals surface area contributed by atoms with Gasteiger partial charge in [-0.3, -0.25) is 9.59 Å². The summed E-state index contributed by atoms with van der Waals surface area (Å²) in [7, 11) is 0. The summed E-state index contributed by atoms with van der Waals surface area (Å²) in [4.78, 5) is 32.6. The molecule has 3 aromatic carbocycles. The largest absolute Gasteiger partial charge is 0.436 e. The molecule has 35 heavy (non-hydrogen) atoms. The summed E-state index contributed by atoms with van der Waals surface area (Å²) < 4.78 is 5.87. The van der Waals surface area contributed by atoms with Gasteiger partial charge in [0.25, 0.3) is 5.91 Å². The molecule has 0 bridgehead atoms. The van der Waals surface area contributed by atoms with Crippen molar-refractivity contribution in [1.29, 1.82) is 0 Å². The Kier molecular flexibility index (Phi) is 6.62. The van der Waals surface area contributed by atoms with Crippen molar-refractivity contribution in [2.24, 2.45) is 5.92 Å². The molecule has 4 aromatic rings. The van der Waals surface area contributed by atoms with Crippen LogP contribution in [0.3, 0.4) is 0 Å². The van der Waals surface area contributed by atoms with Gasteiger partial charge in [0.1, 0.15) is 5.52 Å². The maximum atomic E-state index is 13.7. The Balaban J connectivity index is 1.38. The Bertz CT molecular complexity index is 1280. The van der Waals surface area contributed by atoms with Crippen LogP contribution >= 0.6 is 0 Å². The highest BCUT2D eigenvalue weighted by molar-refractivity contribution is 5.95. The van der Waals surface area contributed by atoms with Gasteiger partial charge in [-0.05, 0) is 68.1 Å². The third-order valence-corrected chi connectivity index (χ3v) is 6.70. The van der Waals surface area contributed by atoms with Crippen molar-refractivity contribution in [2.75, 3.05) is 6.54 Å². The van der Waals surface area contributed by atoms with Gasteiger partial charge in [-0.15, -0.1) is 0 Å². The zero-order valence-corrected chi connectivity index (χ0v) is 19.8. The average molecular weight is 468 g/mol. The maximum Gasteiger partial charge on any atom is 0.254 e. The average Bonchev–Trinajstić information content (AvgIpc) is 3.56. The number of nitrogens with one attached hydrogen (secondary N) is 1. The number of amides is 2. The van der Waals surface area contributed by atoms with Gasteiger partial charge >= 0.3 is 0 Å². The number of hydrogen-bond donors (Lipinski definition) is 1. The molecule has 1 aliphatic carbocycles. The van der Waals surface area contributed by atoms with E-state index >= 15 is 0 Å². The normalized spacial score (nSPS) is 17.4. The Morgan fingerprint density at radius 3 is 2.46 bits per heavy atom. The first kappa shape index (κ1) is 22.8. The first-order valence-corrected chi connectivity index (χ1v) is 12.2. The highest BCUT2D eigenvalue weighted by Gasteiger charge is 2.35. The lowest BCUT2D eigenvalue weighted by molar-refractivity contribution is -0.124. The number of nitrogens with zero attached hydrogens (tertiary/aromatic N) is 2. The Morgan fingerprint density at radius 1 is 0.971 bits per heavy atom. The van der Waals surface area contributed by atoms with Gasteiger partial charge in [0.2, 0.25) is 11.8 Å². The third kappa shape index (κ3) is 4.97. The van der Waals surface area contributed by atoms with Crippen LogP contribution in [0.1, 0.15) is 42.1 Å². The topological polar surface area (TPSA) is 75.4 Å². The minimum absolute atomic E-state index is 0.0204. The smallest absolute Gasteiger partial charge is 0.254 e. The molecule has 0 saturated heterocycles. The fourth-order valence-corrected chi connectivity index (χ4v) is 4.86. The minimum Gasteiger partial charge on any atom is -0.436 e. The number of hydrogen-bond acceptors (Lipinski definition) is 4. The van der Waals surface area contributed by atoms with Crippen LogP contribution in [-0.4, -0.2) is 34.3 Å². The molecule has 2 amide bonds. The van der Waals surface area contributed by atoms with Crippen LogP contribution in [0.25, 0.3) is 22.6 Å². The van der Waals surface area contributed by atoms with Crippen LogP contribution in [0.5, 0.6) is 0 Å². The van der Waals surface area contributed by atoms with Gasteiger partial charge < -0.3 is 14.6 Å². The molecule has 6 nitrogen and oxygen atoms in total. The molecule has 5 rings (SSSR count). The minimum atomic E-state index is -0.0486. The second kappa shape index (κ2) is 10.1. The molecule has 0 radical (unpaired) electrons. The second-order valence-electron chi connectivity index (χ2n) is 9.04. The van der Waals surface area contributed by atoms with Crippen LogP contribution in [0.4, 0.5) is 0 Å². The summed E-state index contributed by atoms with van der Waals surface area (Å²) in [6, 6.07) is 25.1. The lowest BCUT2D eigenvalue weighted by Crippen LogP contribution is -2.39. The van der Waals surface area contributed by atoms with Crippen LogP contribution in [0.15, 0.2) is 83.3 Å². The van der Waals surface area contributed by atoms with E-state index in [4.69, 9.17) is 4.42 Å². The fourth-order valence-electron chi connectivity index (χ4n) is 4.86. The van der Waals surface area contributed by atoms with E-state index in [1.54, 1.807) is 0 Å². The van der Waals surface area contributed by atoms with E-state index in [1.807, 2.05) is 90.7 Å². The first-order chi connectivity index (χ1) is 17.1. The molecule has 1 fully saturated rings. The van der Waals surface area contributed by atoms with Gasteiger partial charge in [0.15, 0.2) is 5.58 Å². The summed E-state index contributed by atoms with van der Waals surface area (Å²) in [5.74, 6) is 0.545. The molecule has 1 saturated carbocycles. The molecule has 2 atom stereocenters. The van der Waals surface area contributed by atoms with E-state index in [9.17, 15) is 9.59 Å². The first-order valence-electron chi connectivity index (χ1n) is 12.2. The highest BCUT2D eigenvalue weighted by Crippen LogP contribution is 2.32. The summed E-state index contributed by atoms with van der Waals surface area (Å²) in [6.45, 7) is 3.07. The quantitative estimate of drug-likeness (QED) is 0.393. The highest BCUT2D eigenvalue weighted by atomic mass is 16.3. The van der Waals surface area contributed by atoms with E-state index in [0.29, 0.717) is 31.0 Å². The zero-order valence-electron chi connectivity index (χ0n) is 19.8. The molecule has 2 unspecified atom stereocenters. The summed E-state index contributed by atoms with van der Waals surface area (Å²) in [5.41, 5.74) is 4.05. The summed E-state index contributed by atoms with van der Waals surface area (Å²) >= 11 is 0. The van der Waals surface area contributed by atoms with Crippen molar-refractivity contribution in [3.63, 3.8) is 0 Å². The Hall–Kier alpha value is -3.93. The van der Waals surface area contributed by atoms with Crippen molar-refractivity contribution in [2.45, 2.75) is 38.8 Å². The number of carbonyl (C=O) groups excluding carboxylic acids is 2. The van der Waals surface area contributed by atoms with Crippen molar-refractivity contribution < 1.29 is 14.0 Å². The summed E-state index contributed by atoms with van der Waals surface area (Å²) in [5, 5.41) is 2.93. The number of benzene rings is 3. The molecule has 1 N–H and O–H groups in total. The SMILES string of the molecule is CCNC(=O)C1CCC(N(Cc2ccccc2)C(=O)c2ccc(-c3nc4ccccc4o3)cc2)C1. The predicted octanol–water partition coefficient (Wildman–Crippen LogP) is 5.44. The number of oxazole rings is 1. The van der Waals surface area contributed by atoms with Crippen LogP contribution in [0, 0.1) is 5.92 Å². The van der Waals surface area contributed by atoms with E-state index in [1.165, 1.54) is 0 Å². The lowest BCUT2D eigenvalue weighted by Gasteiger charge is -2.29. The van der Waals surface area contributed by atoms with Crippen molar-refractivity contribution in [1.82, 2.24) is 15.2 Å². The van der Waals surface area contributed by atoms with Crippen LogP contribution < -0.4 is 5.32 Å². The molecular formula is C29H29N3O3. The van der Waals surface area contributed by atoms with Crippen LogP contribution in [0.2, 0.25) is 0 Å². The van der Waals surface area contributed by atoms with Gasteiger partial charge in [-0.2, -0.15) is 0 Å². The van der Waals surface area contributed by atoms with Crippen LogP contribution in [-0.2, 0) is 11.3 Å². The van der Waals surface area contributed by atoms with E-state index in [-0.39, 0.29) is 23.8 Å². The zero-order chi connectivity index (χ0) is 24.2. The number of aromatic nitrogens is 1. The van der Waals surface area contributed by atoms with Gasteiger partial charge in [0.05, 0.1) is 0 Å². The molecule has 1 aliphatic rings. The molecule has 178 valence electrons. The Morgan fingerprint density at radius 2 is 1.71 bits per heavy atom. The lowest BCUT2D eigenvalue weighted by atomic mass is 10.0. The van der Waals surface area contributed by atoms with Gasteiger partial charge in [-0.1, -0.05) is 42.5 Å². The number of para-hydroxylation sites is 2. The third-order valence-electron chi connectivity index (χ3n) is 6.70. The molecule has 0 aliphatic heterocycles. The van der Waals surface area contributed by atoms with Crippen molar-refractivity contribution >= 4 is 22.9 Å². The summed E-state index contributed by atoms with van der Waals surface area (Å²) in [6.07, 6.45) is 2.30. The number of carbonyl (C=O) groups is 2. The number of fused-ring (bicyclic) bond motifs is 1. The van der Waals surface area contributed by atoms with E-state index < -0.39 is 0 Å². The maximum absolute atomic E-state index is 13.7. The molecule has 1 aromatic heterocycles. The fraction of sp³-hybridized carbons (Fsp3) is 0.276. The van der Waals surface area contributed by atoms with Crippen molar-refractivity contribution in [3.05, 3.63) is 90.0 Å². The Labute approximate surface area is 205 Å². The van der Waals surface area contributed by atoms with E-state index in [2.05, 4.69) is 10.3 Å². The van der Waals surface area contributed by atoms with Gasteiger partial charge in [0, 0.05) is 36.2 Å². The standard InChI is InChI=1S/C29H29N3O3/c1-2-30-27(33)23-16-17-24(18-23)32(19-20-8-4-3-5-9-20)29(34)22-14-12-21(13-15-22)28-31-25-10-6-7-11-26(25)35-28/h3-15,23-24H,2,16-19H2,1H3,(H,30,33).